The number of ether oxygens (including phenoxy) is 3. The first-order chi connectivity index (χ1) is 17.7. The van der Waals surface area contributed by atoms with Gasteiger partial charge in [-0.3, -0.25) is 0 Å². The molecule has 1 amide bonds. The minimum atomic E-state index is -0.554. The van der Waals surface area contributed by atoms with Gasteiger partial charge in [-0.25, -0.2) is 9.59 Å². The van der Waals surface area contributed by atoms with E-state index < -0.39 is 5.60 Å². The van der Waals surface area contributed by atoms with Crippen molar-refractivity contribution >= 4 is 23.8 Å². The normalized spacial score (nSPS) is 11.0. The van der Waals surface area contributed by atoms with Crippen LogP contribution < -0.4 is 4.74 Å². The lowest BCUT2D eigenvalue weighted by atomic mass is 10.1. The van der Waals surface area contributed by atoms with Gasteiger partial charge >= 0.3 is 12.1 Å². The number of para-hydroxylation sites is 1. The Morgan fingerprint density at radius 2 is 1.54 bits per heavy atom. The highest BCUT2D eigenvalue weighted by atomic mass is 32.2. The molecule has 3 rings (SSSR count). The van der Waals surface area contributed by atoms with Crippen molar-refractivity contribution in [2.75, 3.05) is 19.8 Å². The van der Waals surface area contributed by atoms with Gasteiger partial charge in [0.05, 0.1) is 11.5 Å². The Morgan fingerprint density at radius 3 is 2.22 bits per heavy atom. The maximum atomic E-state index is 12.9. The SMILES string of the molecule is CCOC(=O)COc1ccccc1Sc1ccc(CCN(Cc2ccccc2)C(=O)OC(C)(C)C)cc1. The topological polar surface area (TPSA) is 65.1 Å². The fraction of sp³-hybridized carbons (Fsp3) is 0.333. The molecule has 0 spiro atoms. The largest absolute Gasteiger partial charge is 0.481 e. The maximum Gasteiger partial charge on any atom is 0.410 e. The maximum absolute atomic E-state index is 12.9. The molecule has 0 bridgehead atoms. The smallest absolute Gasteiger partial charge is 0.410 e. The summed E-state index contributed by atoms with van der Waals surface area (Å²) in [4.78, 5) is 28.2. The second-order valence-corrected chi connectivity index (χ2v) is 10.5. The number of carbonyl (C=O) groups excluding carboxylic acids is 2. The van der Waals surface area contributed by atoms with E-state index >= 15 is 0 Å². The van der Waals surface area contributed by atoms with Crippen molar-refractivity contribution in [1.29, 1.82) is 0 Å². The standard InChI is InChI=1S/C30H35NO5S/c1-5-34-28(32)22-35-26-13-9-10-14-27(26)37-25-17-15-23(16-18-25)19-20-31(29(33)36-30(2,3)4)21-24-11-7-6-8-12-24/h6-18H,5,19-22H2,1-4H3. The van der Waals surface area contributed by atoms with Crippen LogP contribution in [0.5, 0.6) is 5.75 Å². The molecule has 0 aliphatic heterocycles. The average Bonchev–Trinajstić information content (AvgIpc) is 2.86. The summed E-state index contributed by atoms with van der Waals surface area (Å²) in [6, 6.07) is 25.8. The zero-order chi connectivity index (χ0) is 26.7. The number of hydrogen-bond donors (Lipinski definition) is 0. The molecule has 3 aromatic rings. The number of amides is 1. The predicted molar refractivity (Wildman–Crippen MR) is 146 cm³/mol. The van der Waals surface area contributed by atoms with Crippen molar-refractivity contribution in [2.24, 2.45) is 0 Å². The van der Waals surface area contributed by atoms with Crippen LogP contribution >= 0.6 is 11.8 Å². The third kappa shape index (κ3) is 9.84. The second kappa shape index (κ2) is 13.7. The van der Waals surface area contributed by atoms with Crippen LogP contribution in [-0.4, -0.2) is 42.3 Å². The Balaban J connectivity index is 1.62. The number of nitrogens with zero attached hydrogens (tertiary/aromatic N) is 1. The highest BCUT2D eigenvalue weighted by molar-refractivity contribution is 7.99. The van der Waals surface area contributed by atoms with Gasteiger partial charge in [-0.05, 0) is 69.5 Å². The molecule has 37 heavy (non-hydrogen) atoms. The van der Waals surface area contributed by atoms with Crippen LogP contribution in [0.25, 0.3) is 0 Å². The summed E-state index contributed by atoms with van der Waals surface area (Å²) in [6.45, 7) is 8.64. The van der Waals surface area contributed by atoms with E-state index in [1.807, 2.05) is 75.4 Å². The van der Waals surface area contributed by atoms with Crippen LogP contribution in [0.2, 0.25) is 0 Å². The molecule has 0 unspecified atom stereocenters. The third-order valence-electron chi connectivity index (χ3n) is 5.19. The molecule has 0 saturated carbocycles. The molecule has 0 aromatic heterocycles. The van der Waals surface area contributed by atoms with Crippen LogP contribution in [-0.2, 0) is 27.2 Å². The summed E-state index contributed by atoms with van der Waals surface area (Å²) in [7, 11) is 0. The molecule has 0 heterocycles. The minimum Gasteiger partial charge on any atom is -0.481 e. The van der Waals surface area contributed by atoms with Gasteiger partial charge in [0.15, 0.2) is 6.61 Å². The quantitative estimate of drug-likeness (QED) is 0.260. The van der Waals surface area contributed by atoms with E-state index in [-0.39, 0.29) is 18.7 Å². The van der Waals surface area contributed by atoms with Gasteiger partial charge in [0.2, 0.25) is 0 Å². The Hall–Kier alpha value is -3.45. The van der Waals surface area contributed by atoms with Crippen molar-refractivity contribution in [1.82, 2.24) is 4.90 Å². The van der Waals surface area contributed by atoms with Crippen LogP contribution in [0.3, 0.4) is 0 Å². The lowest BCUT2D eigenvalue weighted by molar-refractivity contribution is -0.145. The number of rotatable bonds is 11. The molecule has 0 saturated heterocycles. The van der Waals surface area contributed by atoms with Crippen molar-refractivity contribution in [3.63, 3.8) is 0 Å². The first-order valence-corrected chi connectivity index (χ1v) is 13.2. The molecule has 0 aliphatic rings. The van der Waals surface area contributed by atoms with E-state index in [0.717, 1.165) is 20.9 Å². The van der Waals surface area contributed by atoms with Gasteiger partial charge in [0.1, 0.15) is 11.4 Å². The van der Waals surface area contributed by atoms with Crippen molar-refractivity contribution < 1.29 is 23.8 Å². The summed E-state index contributed by atoms with van der Waals surface area (Å²) >= 11 is 1.56. The molecule has 6 nitrogen and oxygen atoms in total. The molecule has 7 heteroatoms. The van der Waals surface area contributed by atoms with Crippen molar-refractivity contribution in [2.45, 2.75) is 56.1 Å². The third-order valence-corrected chi connectivity index (χ3v) is 6.25. The zero-order valence-electron chi connectivity index (χ0n) is 21.9. The number of hydrogen-bond acceptors (Lipinski definition) is 6. The molecule has 196 valence electrons. The summed E-state index contributed by atoms with van der Waals surface area (Å²) in [5.74, 6) is 0.248. The molecule has 0 fully saturated rings. The van der Waals surface area contributed by atoms with E-state index in [2.05, 4.69) is 24.3 Å². The first-order valence-electron chi connectivity index (χ1n) is 12.4. The average molecular weight is 522 g/mol. The van der Waals surface area contributed by atoms with Gasteiger partial charge in [-0.2, -0.15) is 0 Å². The van der Waals surface area contributed by atoms with Gasteiger partial charge < -0.3 is 19.1 Å². The van der Waals surface area contributed by atoms with Crippen molar-refractivity contribution in [3.05, 3.63) is 90.0 Å². The fourth-order valence-corrected chi connectivity index (χ4v) is 4.37. The summed E-state index contributed by atoms with van der Waals surface area (Å²) < 4.78 is 16.3. The van der Waals surface area contributed by atoms with Gasteiger partial charge in [-0.15, -0.1) is 0 Å². The Morgan fingerprint density at radius 1 is 0.865 bits per heavy atom. The van der Waals surface area contributed by atoms with Gasteiger partial charge in [-0.1, -0.05) is 66.4 Å². The summed E-state index contributed by atoms with van der Waals surface area (Å²) in [6.07, 6.45) is 0.388. The number of esters is 1. The van der Waals surface area contributed by atoms with E-state index in [1.165, 1.54) is 0 Å². The molecular weight excluding hydrogens is 486 g/mol. The highest BCUT2D eigenvalue weighted by Crippen LogP contribution is 2.35. The van der Waals surface area contributed by atoms with E-state index in [4.69, 9.17) is 14.2 Å². The van der Waals surface area contributed by atoms with Crippen LogP contribution in [0.15, 0.2) is 88.7 Å². The zero-order valence-corrected chi connectivity index (χ0v) is 22.8. The molecule has 0 radical (unpaired) electrons. The van der Waals surface area contributed by atoms with E-state index in [1.54, 1.807) is 23.6 Å². The first kappa shape index (κ1) is 28.1. The molecule has 0 N–H and O–H groups in total. The Kier molecular flexibility index (Phi) is 10.4. The number of benzene rings is 3. The van der Waals surface area contributed by atoms with Crippen LogP contribution in [0, 0.1) is 0 Å². The lowest BCUT2D eigenvalue weighted by Crippen LogP contribution is -2.37. The van der Waals surface area contributed by atoms with Gasteiger partial charge in [0.25, 0.3) is 0 Å². The van der Waals surface area contributed by atoms with Crippen LogP contribution in [0.1, 0.15) is 38.8 Å². The Bertz CT molecular complexity index is 1140. The second-order valence-electron chi connectivity index (χ2n) is 9.42. The van der Waals surface area contributed by atoms with Crippen molar-refractivity contribution in [3.8, 4) is 5.75 Å². The number of carbonyl (C=O) groups is 2. The molecule has 0 aliphatic carbocycles. The van der Waals surface area contributed by atoms with E-state index in [9.17, 15) is 9.59 Å². The van der Waals surface area contributed by atoms with E-state index in [0.29, 0.717) is 31.9 Å². The highest BCUT2D eigenvalue weighted by Gasteiger charge is 2.22. The lowest BCUT2D eigenvalue weighted by Gasteiger charge is -2.27. The fourth-order valence-electron chi connectivity index (χ4n) is 3.47. The minimum absolute atomic E-state index is 0.124. The summed E-state index contributed by atoms with van der Waals surface area (Å²) in [5.41, 5.74) is 1.63. The summed E-state index contributed by atoms with van der Waals surface area (Å²) in [5, 5.41) is 0. The molecule has 0 atom stereocenters. The Labute approximate surface area is 223 Å². The molecular formula is C30H35NO5S. The monoisotopic (exact) mass is 521 g/mol. The van der Waals surface area contributed by atoms with Gasteiger partial charge in [0, 0.05) is 18.0 Å². The predicted octanol–water partition coefficient (Wildman–Crippen LogP) is 6.76. The van der Waals surface area contributed by atoms with Crippen LogP contribution in [0.4, 0.5) is 4.79 Å². The molecule has 3 aromatic carbocycles.